The number of anilines is 1. The van der Waals surface area contributed by atoms with Crippen molar-refractivity contribution in [3.63, 3.8) is 0 Å². The third kappa shape index (κ3) is 4.13. The first-order valence-electron chi connectivity index (χ1n) is 4.79. The van der Waals surface area contributed by atoms with Crippen molar-refractivity contribution in [2.24, 2.45) is 5.41 Å². The minimum atomic E-state index is -0.411. The fourth-order valence-corrected chi connectivity index (χ4v) is 1.25. The molecule has 5 heteroatoms. The largest absolute Gasteiger partial charge is 0.391 e. The fourth-order valence-electron chi connectivity index (χ4n) is 0.938. The SMILES string of the molecule is CC(C)(C)C(O)CNc1cc(Br)ncn1. The average molecular weight is 274 g/mol. The number of aromatic nitrogens is 2. The molecule has 0 radical (unpaired) electrons. The average Bonchev–Trinajstić information content (AvgIpc) is 2.12. The maximum absolute atomic E-state index is 9.80. The molecule has 1 heterocycles. The molecule has 15 heavy (non-hydrogen) atoms. The first kappa shape index (κ1) is 12.4. The molecule has 1 rings (SSSR count). The van der Waals surface area contributed by atoms with Crippen LogP contribution in [0.25, 0.3) is 0 Å². The lowest BCUT2D eigenvalue weighted by Crippen LogP contribution is -2.33. The van der Waals surface area contributed by atoms with E-state index in [2.05, 4.69) is 31.2 Å². The van der Waals surface area contributed by atoms with Crippen LogP contribution in [0.1, 0.15) is 20.8 Å². The number of nitrogens with one attached hydrogen (secondary N) is 1. The Labute approximate surface area is 98.3 Å². The molecule has 0 amide bonds. The van der Waals surface area contributed by atoms with Gasteiger partial charge >= 0.3 is 0 Å². The highest BCUT2D eigenvalue weighted by atomic mass is 79.9. The first-order valence-corrected chi connectivity index (χ1v) is 5.58. The summed E-state index contributed by atoms with van der Waals surface area (Å²) < 4.78 is 0.727. The van der Waals surface area contributed by atoms with Gasteiger partial charge in [0.25, 0.3) is 0 Å². The third-order valence-corrected chi connectivity index (χ3v) is 2.54. The molecule has 1 unspecified atom stereocenters. The van der Waals surface area contributed by atoms with Gasteiger partial charge in [-0.3, -0.25) is 0 Å². The van der Waals surface area contributed by atoms with E-state index >= 15 is 0 Å². The van der Waals surface area contributed by atoms with E-state index in [1.54, 1.807) is 6.07 Å². The van der Waals surface area contributed by atoms with Crippen molar-refractivity contribution < 1.29 is 5.11 Å². The van der Waals surface area contributed by atoms with E-state index in [0.717, 1.165) is 4.60 Å². The predicted octanol–water partition coefficient (Wildman–Crippen LogP) is 2.06. The lowest BCUT2D eigenvalue weighted by Gasteiger charge is -2.26. The van der Waals surface area contributed by atoms with E-state index < -0.39 is 6.10 Å². The molecule has 0 aliphatic carbocycles. The Morgan fingerprint density at radius 2 is 2.13 bits per heavy atom. The normalized spacial score (nSPS) is 13.7. The van der Waals surface area contributed by atoms with Crippen LogP contribution in [-0.4, -0.2) is 27.7 Å². The van der Waals surface area contributed by atoms with Gasteiger partial charge in [0.05, 0.1) is 6.10 Å². The van der Waals surface area contributed by atoms with Crippen molar-refractivity contribution in [3.8, 4) is 0 Å². The van der Waals surface area contributed by atoms with Crippen molar-refractivity contribution in [2.75, 3.05) is 11.9 Å². The van der Waals surface area contributed by atoms with Gasteiger partial charge in [0.1, 0.15) is 16.7 Å². The molecule has 0 aromatic carbocycles. The van der Waals surface area contributed by atoms with Crippen LogP contribution in [0.15, 0.2) is 17.0 Å². The van der Waals surface area contributed by atoms with Crippen molar-refractivity contribution >= 4 is 21.7 Å². The molecule has 0 spiro atoms. The Morgan fingerprint density at radius 3 is 2.67 bits per heavy atom. The number of hydrogen-bond donors (Lipinski definition) is 2. The summed E-state index contributed by atoms with van der Waals surface area (Å²) in [5, 5.41) is 12.9. The second-order valence-electron chi connectivity index (χ2n) is 4.49. The van der Waals surface area contributed by atoms with Gasteiger partial charge in [-0.15, -0.1) is 0 Å². The Morgan fingerprint density at radius 1 is 1.47 bits per heavy atom. The fraction of sp³-hybridized carbons (Fsp3) is 0.600. The van der Waals surface area contributed by atoms with E-state index in [9.17, 15) is 5.11 Å². The number of halogens is 1. The molecule has 0 fully saturated rings. The van der Waals surface area contributed by atoms with Crippen LogP contribution < -0.4 is 5.32 Å². The quantitative estimate of drug-likeness (QED) is 0.828. The Bertz CT molecular complexity index is 325. The summed E-state index contributed by atoms with van der Waals surface area (Å²) in [7, 11) is 0. The maximum atomic E-state index is 9.80. The number of hydrogen-bond acceptors (Lipinski definition) is 4. The Balaban J connectivity index is 2.51. The second-order valence-corrected chi connectivity index (χ2v) is 5.30. The highest BCUT2D eigenvalue weighted by Gasteiger charge is 2.21. The highest BCUT2D eigenvalue weighted by Crippen LogP contribution is 2.19. The minimum Gasteiger partial charge on any atom is -0.391 e. The van der Waals surface area contributed by atoms with Crippen LogP contribution >= 0.6 is 15.9 Å². The number of aliphatic hydroxyl groups is 1. The van der Waals surface area contributed by atoms with Crippen LogP contribution in [0.2, 0.25) is 0 Å². The van der Waals surface area contributed by atoms with E-state index in [4.69, 9.17) is 0 Å². The number of nitrogens with zero attached hydrogens (tertiary/aromatic N) is 2. The highest BCUT2D eigenvalue weighted by molar-refractivity contribution is 9.10. The minimum absolute atomic E-state index is 0.128. The van der Waals surface area contributed by atoms with Crippen LogP contribution in [0, 0.1) is 5.41 Å². The van der Waals surface area contributed by atoms with Gasteiger partial charge in [-0.05, 0) is 21.3 Å². The monoisotopic (exact) mass is 273 g/mol. The summed E-state index contributed by atoms with van der Waals surface area (Å²) >= 11 is 3.26. The van der Waals surface area contributed by atoms with Crippen LogP contribution in [0.3, 0.4) is 0 Å². The summed E-state index contributed by atoms with van der Waals surface area (Å²) in [5.74, 6) is 0.708. The molecule has 0 aliphatic heterocycles. The van der Waals surface area contributed by atoms with Gasteiger partial charge in [-0.25, -0.2) is 9.97 Å². The summed E-state index contributed by atoms with van der Waals surface area (Å²) in [4.78, 5) is 7.95. The standard InChI is InChI=1S/C10H16BrN3O/c1-10(2,3)7(15)5-12-9-4-8(11)13-6-14-9/h4,6-7,15H,5H2,1-3H3,(H,12,13,14). The number of rotatable bonds is 3. The molecule has 1 aromatic heterocycles. The zero-order valence-electron chi connectivity index (χ0n) is 9.16. The van der Waals surface area contributed by atoms with E-state index in [0.29, 0.717) is 12.4 Å². The molecule has 2 N–H and O–H groups in total. The molecule has 1 atom stereocenters. The zero-order valence-corrected chi connectivity index (χ0v) is 10.7. The second kappa shape index (κ2) is 4.90. The van der Waals surface area contributed by atoms with E-state index in [-0.39, 0.29) is 5.41 Å². The smallest absolute Gasteiger partial charge is 0.130 e. The van der Waals surface area contributed by atoms with Gasteiger partial charge in [0, 0.05) is 12.6 Å². The summed E-state index contributed by atoms with van der Waals surface area (Å²) in [6, 6.07) is 1.77. The summed E-state index contributed by atoms with van der Waals surface area (Å²) in [6.07, 6.45) is 1.06. The summed E-state index contributed by atoms with van der Waals surface area (Å²) in [6.45, 7) is 6.46. The van der Waals surface area contributed by atoms with E-state index in [1.807, 2.05) is 20.8 Å². The van der Waals surface area contributed by atoms with Gasteiger partial charge in [0.15, 0.2) is 0 Å². The summed E-state index contributed by atoms with van der Waals surface area (Å²) in [5.41, 5.74) is -0.128. The van der Waals surface area contributed by atoms with Gasteiger partial charge in [-0.1, -0.05) is 20.8 Å². The molecule has 0 saturated carbocycles. The molecule has 0 bridgehead atoms. The molecule has 1 aromatic rings. The number of aliphatic hydroxyl groups excluding tert-OH is 1. The third-order valence-electron chi connectivity index (χ3n) is 2.11. The van der Waals surface area contributed by atoms with Crippen LogP contribution in [0.4, 0.5) is 5.82 Å². The lowest BCUT2D eigenvalue weighted by atomic mass is 9.89. The molecule has 0 saturated heterocycles. The maximum Gasteiger partial charge on any atom is 0.130 e. The van der Waals surface area contributed by atoms with Crippen molar-refractivity contribution in [2.45, 2.75) is 26.9 Å². The Hall–Kier alpha value is -0.680. The van der Waals surface area contributed by atoms with Gasteiger partial charge in [0.2, 0.25) is 0 Å². The molecule has 0 aliphatic rings. The van der Waals surface area contributed by atoms with Gasteiger partial charge < -0.3 is 10.4 Å². The molecule has 4 nitrogen and oxygen atoms in total. The van der Waals surface area contributed by atoms with Crippen molar-refractivity contribution in [1.29, 1.82) is 0 Å². The van der Waals surface area contributed by atoms with Crippen LogP contribution in [-0.2, 0) is 0 Å². The molecular weight excluding hydrogens is 258 g/mol. The lowest BCUT2D eigenvalue weighted by molar-refractivity contribution is 0.0745. The first-order chi connectivity index (χ1) is 6.89. The van der Waals surface area contributed by atoms with E-state index in [1.165, 1.54) is 6.33 Å². The van der Waals surface area contributed by atoms with Crippen molar-refractivity contribution in [3.05, 3.63) is 17.0 Å². The van der Waals surface area contributed by atoms with Gasteiger partial charge in [-0.2, -0.15) is 0 Å². The molecule has 84 valence electrons. The predicted molar refractivity (Wildman–Crippen MR) is 63.7 cm³/mol. The zero-order chi connectivity index (χ0) is 11.5. The molecular formula is C10H16BrN3O. The van der Waals surface area contributed by atoms with Crippen LogP contribution in [0.5, 0.6) is 0 Å². The Kier molecular flexibility index (Phi) is 4.04. The topological polar surface area (TPSA) is 58.0 Å². The van der Waals surface area contributed by atoms with Crippen molar-refractivity contribution in [1.82, 2.24) is 9.97 Å².